The van der Waals surface area contributed by atoms with Crippen LogP contribution in [0.1, 0.15) is 47.8 Å². The molecule has 1 aromatic heterocycles. The topological polar surface area (TPSA) is 88.3 Å². The van der Waals surface area contributed by atoms with E-state index < -0.39 is 5.97 Å². The monoisotopic (exact) mass is 376 g/mol. The third-order valence-corrected chi connectivity index (χ3v) is 5.18. The third-order valence-electron chi connectivity index (χ3n) is 4.92. The lowest BCUT2D eigenvalue weighted by atomic mass is 9.90. The molecule has 0 spiro atoms. The van der Waals surface area contributed by atoms with Crippen LogP contribution in [0.15, 0.2) is 30.5 Å². The van der Waals surface area contributed by atoms with Gasteiger partial charge in [0.15, 0.2) is 5.69 Å². The smallest absolute Gasteiger partial charge is 0.358 e. The van der Waals surface area contributed by atoms with E-state index in [4.69, 9.17) is 16.7 Å². The van der Waals surface area contributed by atoms with Crippen molar-refractivity contribution < 1.29 is 14.7 Å². The first-order valence-corrected chi connectivity index (χ1v) is 8.98. The molecule has 0 saturated heterocycles. The van der Waals surface area contributed by atoms with E-state index in [2.05, 4.69) is 10.3 Å². The Morgan fingerprint density at radius 2 is 1.96 bits per heavy atom. The zero-order valence-electron chi connectivity index (χ0n) is 14.5. The number of benzene rings is 1. The summed E-state index contributed by atoms with van der Waals surface area (Å²) in [5.74, 6) is -0.906. The number of halogens is 1. The quantitative estimate of drug-likeness (QED) is 0.837. The average molecular weight is 377 g/mol. The molecular formula is C18H21ClN4O3. The maximum atomic E-state index is 12.8. The van der Waals surface area contributed by atoms with Crippen LogP contribution in [-0.4, -0.2) is 43.9 Å². The van der Waals surface area contributed by atoms with Crippen molar-refractivity contribution in [2.45, 2.75) is 38.3 Å². The Morgan fingerprint density at radius 3 is 2.54 bits per heavy atom. The molecule has 0 bridgehead atoms. The molecule has 26 heavy (non-hydrogen) atoms. The van der Waals surface area contributed by atoms with Gasteiger partial charge in [0.25, 0.3) is 0 Å². The predicted octanol–water partition coefficient (Wildman–Crippen LogP) is 3.02. The van der Waals surface area contributed by atoms with Gasteiger partial charge in [0.05, 0.1) is 12.2 Å². The van der Waals surface area contributed by atoms with Crippen LogP contribution >= 0.6 is 11.6 Å². The van der Waals surface area contributed by atoms with Gasteiger partial charge in [-0.05, 0) is 36.5 Å². The first-order chi connectivity index (χ1) is 12.5. The zero-order valence-corrected chi connectivity index (χ0v) is 15.3. The molecule has 2 aromatic rings. The lowest BCUT2D eigenvalue weighted by Gasteiger charge is -2.33. The van der Waals surface area contributed by atoms with Crippen LogP contribution < -0.4 is 0 Å². The van der Waals surface area contributed by atoms with Crippen molar-refractivity contribution in [2.75, 3.05) is 7.05 Å². The highest BCUT2D eigenvalue weighted by molar-refractivity contribution is 6.30. The largest absolute Gasteiger partial charge is 0.476 e. The highest BCUT2D eigenvalue weighted by Gasteiger charge is 2.32. The fourth-order valence-electron chi connectivity index (χ4n) is 3.62. The number of hydrogen-bond acceptors (Lipinski definition) is 4. The number of carbonyl (C=O) groups excluding carboxylic acids is 1. The molecule has 1 aliphatic carbocycles. The van der Waals surface area contributed by atoms with Gasteiger partial charge in [0.1, 0.15) is 6.54 Å². The van der Waals surface area contributed by atoms with Gasteiger partial charge in [-0.15, -0.1) is 5.10 Å². The Morgan fingerprint density at radius 1 is 1.31 bits per heavy atom. The van der Waals surface area contributed by atoms with E-state index in [1.54, 1.807) is 11.9 Å². The Bertz CT molecular complexity index is 784. The number of likely N-dealkylation sites (N-methyl/N-ethyl adjacent to an activating group) is 1. The summed E-state index contributed by atoms with van der Waals surface area (Å²) in [4.78, 5) is 25.4. The van der Waals surface area contributed by atoms with Crippen molar-refractivity contribution in [2.24, 2.45) is 5.92 Å². The molecule has 138 valence electrons. The maximum Gasteiger partial charge on any atom is 0.358 e. The number of amides is 1. The fourth-order valence-corrected chi connectivity index (χ4v) is 3.75. The number of rotatable bonds is 6. The summed E-state index contributed by atoms with van der Waals surface area (Å²) in [7, 11) is 1.79. The van der Waals surface area contributed by atoms with Crippen molar-refractivity contribution in [1.29, 1.82) is 0 Å². The van der Waals surface area contributed by atoms with Gasteiger partial charge in [0.2, 0.25) is 5.91 Å². The molecule has 1 heterocycles. The summed E-state index contributed by atoms with van der Waals surface area (Å²) in [6.45, 7) is -0.0480. The predicted molar refractivity (Wildman–Crippen MR) is 95.9 cm³/mol. The van der Waals surface area contributed by atoms with Gasteiger partial charge < -0.3 is 10.0 Å². The minimum absolute atomic E-state index is 0.0373. The molecule has 1 N–H and O–H groups in total. The molecule has 1 atom stereocenters. The molecule has 1 aromatic carbocycles. The second-order valence-corrected chi connectivity index (χ2v) is 7.09. The summed E-state index contributed by atoms with van der Waals surface area (Å²) < 4.78 is 1.26. The normalized spacial score (nSPS) is 15.8. The van der Waals surface area contributed by atoms with Crippen LogP contribution in [0.25, 0.3) is 0 Å². The van der Waals surface area contributed by atoms with E-state index in [0.29, 0.717) is 10.9 Å². The van der Waals surface area contributed by atoms with Gasteiger partial charge in [-0.25, -0.2) is 9.48 Å². The van der Waals surface area contributed by atoms with Crippen molar-refractivity contribution in [3.8, 4) is 0 Å². The number of carboxylic acids is 1. The van der Waals surface area contributed by atoms with E-state index in [1.807, 2.05) is 24.3 Å². The van der Waals surface area contributed by atoms with Gasteiger partial charge >= 0.3 is 5.97 Å². The van der Waals surface area contributed by atoms with Gasteiger partial charge in [-0.2, -0.15) is 0 Å². The summed E-state index contributed by atoms with van der Waals surface area (Å²) in [6.07, 6.45) is 5.76. The van der Waals surface area contributed by atoms with Crippen LogP contribution in [0.5, 0.6) is 0 Å². The summed E-state index contributed by atoms with van der Waals surface area (Å²) in [5.41, 5.74) is 0.882. The van der Waals surface area contributed by atoms with Crippen LogP contribution in [-0.2, 0) is 11.3 Å². The van der Waals surface area contributed by atoms with E-state index in [0.717, 1.165) is 18.4 Å². The number of hydrogen-bond donors (Lipinski definition) is 1. The molecule has 1 amide bonds. The lowest BCUT2D eigenvalue weighted by Crippen LogP contribution is -2.37. The number of carboxylic acid groups (broad SMARTS) is 1. The van der Waals surface area contributed by atoms with Gasteiger partial charge in [-0.1, -0.05) is 41.8 Å². The maximum absolute atomic E-state index is 12.8. The lowest BCUT2D eigenvalue weighted by molar-refractivity contribution is -0.134. The van der Waals surface area contributed by atoms with E-state index in [1.165, 1.54) is 23.7 Å². The molecule has 8 heteroatoms. The second kappa shape index (κ2) is 7.86. The van der Waals surface area contributed by atoms with Crippen molar-refractivity contribution in [3.63, 3.8) is 0 Å². The Hall–Kier alpha value is -2.41. The van der Waals surface area contributed by atoms with E-state index >= 15 is 0 Å². The average Bonchev–Trinajstić information content (AvgIpc) is 3.29. The van der Waals surface area contributed by atoms with Gasteiger partial charge in [0, 0.05) is 12.1 Å². The first-order valence-electron chi connectivity index (χ1n) is 8.60. The van der Waals surface area contributed by atoms with Crippen LogP contribution in [0.2, 0.25) is 5.02 Å². The first kappa shape index (κ1) is 18.4. The number of nitrogens with zero attached hydrogens (tertiary/aromatic N) is 4. The molecule has 3 rings (SSSR count). The van der Waals surface area contributed by atoms with Crippen molar-refractivity contribution in [3.05, 3.63) is 46.7 Å². The van der Waals surface area contributed by atoms with E-state index in [-0.39, 0.29) is 24.2 Å². The van der Waals surface area contributed by atoms with Crippen LogP contribution in [0, 0.1) is 5.92 Å². The van der Waals surface area contributed by atoms with Crippen LogP contribution in [0.3, 0.4) is 0 Å². The molecule has 0 radical (unpaired) electrons. The molecule has 1 aliphatic rings. The van der Waals surface area contributed by atoms with Crippen LogP contribution in [0.4, 0.5) is 0 Å². The number of carbonyl (C=O) groups is 2. The SMILES string of the molecule is CN(C(=O)Cn1cc(C(=O)O)nn1)C(c1ccc(Cl)cc1)C1CCCC1. The molecule has 0 aliphatic heterocycles. The third kappa shape index (κ3) is 4.04. The summed E-state index contributed by atoms with van der Waals surface area (Å²) in [6, 6.07) is 7.58. The number of aromatic nitrogens is 3. The molecule has 7 nitrogen and oxygen atoms in total. The molecule has 1 unspecified atom stereocenters. The second-order valence-electron chi connectivity index (χ2n) is 6.65. The highest BCUT2D eigenvalue weighted by Crippen LogP contribution is 2.39. The fraction of sp³-hybridized carbons (Fsp3) is 0.444. The Labute approximate surface area is 156 Å². The van der Waals surface area contributed by atoms with Crippen molar-refractivity contribution >= 4 is 23.5 Å². The van der Waals surface area contributed by atoms with Gasteiger partial charge in [-0.3, -0.25) is 4.79 Å². The standard InChI is InChI=1S/C18H21ClN4O3/c1-22(16(24)11-23-10-15(18(25)26)20-21-23)17(12-4-2-3-5-12)13-6-8-14(19)9-7-13/h6-10,12,17H,2-5,11H2,1H3,(H,25,26). The van der Waals surface area contributed by atoms with Crippen molar-refractivity contribution in [1.82, 2.24) is 19.9 Å². The molecule has 1 saturated carbocycles. The highest BCUT2D eigenvalue weighted by atomic mass is 35.5. The number of aromatic carboxylic acids is 1. The minimum atomic E-state index is -1.16. The summed E-state index contributed by atoms with van der Waals surface area (Å²) >= 11 is 6.01. The molecule has 1 fully saturated rings. The summed E-state index contributed by atoms with van der Waals surface area (Å²) in [5, 5.41) is 16.9. The van der Waals surface area contributed by atoms with E-state index in [9.17, 15) is 9.59 Å². The minimum Gasteiger partial charge on any atom is -0.476 e. The Kier molecular flexibility index (Phi) is 5.56. The Balaban J connectivity index is 1.79. The molecular weight excluding hydrogens is 356 g/mol. The zero-order chi connectivity index (χ0) is 18.7.